The molecule has 6 aromatic carbocycles. The van der Waals surface area contributed by atoms with Crippen LogP contribution in [0, 0.1) is 0 Å². The Hall–Kier alpha value is -6.32. The Labute approximate surface area is 464 Å². The Bertz CT molecular complexity index is 2680. The lowest BCUT2D eigenvalue weighted by Crippen LogP contribution is -2.65. The third-order valence-corrected chi connectivity index (χ3v) is 15.1. The molecule has 2 aliphatic heterocycles. The molecule has 412 valence electrons. The molecule has 0 aromatic heterocycles. The lowest BCUT2D eigenvalue weighted by Gasteiger charge is -2.49. The van der Waals surface area contributed by atoms with E-state index in [0.29, 0.717) is 17.7 Å². The monoisotopic (exact) mass is 1080 g/mol. The maximum absolute atomic E-state index is 14.4. The minimum Gasteiger partial charge on any atom is -0.494 e. The molecule has 0 bridgehead atoms. The van der Waals surface area contributed by atoms with Gasteiger partial charge in [0, 0.05) is 4.90 Å². The van der Waals surface area contributed by atoms with Gasteiger partial charge in [0.1, 0.15) is 29.5 Å². The Morgan fingerprint density at radius 1 is 0.436 bits per heavy atom. The molecule has 0 saturated carbocycles. The number of thioether (sulfide) groups is 1. The maximum atomic E-state index is 14.4. The van der Waals surface area contributed by atoms with Gasteiger partial charge in [0.2, 0.25) is 0 Å². The van der Waals surface area contributed by atoms with E-state index in [0.717, 1.165) is 34.6 Å². The minimum atomic E-state index is -1.41. The average Bonchev–Trinajstić information content (AvgIpc) is 3.60. The molecule has 2 heterocycles. The van der Waals surface area contributed by atoms with E-state index in [2.05, 4.69) is 6.92 Å². The van der Waals surface area contributed by atoms with Crippen LogP contribution in [-0.2, 0) is 51.1 Å². The predicted octanol–water partition coefficient (Wildman–Crippen LogP) is 13.8. The summed E-state index contributed by atoms with van der Waals surface area (Å²) in [5.74, 6) is -1.15. The average molecular weight is 1080 g/mol. The first-order valence-electron chi connectivity index (χ1n) is 27.7. The molecule has 0 radical (unpaired) electrons. The van der Waals surface area contributed by atoms with Gasteiger partial charge in [-0.15, -0.1) is 0 Å². The van der Waals surface area contributed by atoms with Gasteiger partial charge in [0.05, 0.1) is 48.7 Å². The summed E-state index contributed by atoms with van der Waals surface area (Å²) in [6, 6.07) is 52.9. The van der Waals surface area contributed by atoms with Crippen molar-refractivity contribution < 1.29 is 57.0 Å². The molecule has 12 nitrogen and oxygen atoms in total. The van der Waals surface area contributed by atoms with Gasteiger partial charge in [-0.05, 0) is 92.1 Å². The molecule has 13 heteroatoms. The lowest BCUT2D eigenvalue weighted by atomic mass is 9.96. The van der Waals surface area contributed by atoms with Gasteiger partial charge in [-0.2, -0.15) is 0 Å². The van der Waals surface area contributed by atoms with Gasteiger partial charge >= 0.3 is 17.9 Å². The first kappa shape index (κ1) is 57.8. The number of hydrogen-bond donors (Lipinski definition) is 0. The van der Waals surface area contributed by atoms with E-state index in [1.54, 1.807) is 85.8 Å². The molecule has 0 amide bonds. The lowest BCUT2D eigenvalue weighted by molar-refractivity contribution is -0.337. The van der Waals surface area contributed by atoms with Gasteiger partial charge in [0.25, 0.3) is 0 Å². The van der Waals surface area contributed by atoms with Crippen LogP contribution in [0.5, 0.6) is 5.75 Å². The van der Waals surface area contributed by atoms with Crippen molar-refractivity contribution in [3.05, 3.63) is 204 Å². The summed E-state index contributed by atoms with van der Waals surface area (Å²) in [4.78, 5) is 43.5. The zero-order valence-corrected chi connectivity index (χ0v) is 45.8. The summed E-state index contributed by atoms with van der Waals surface area (Å²) in [5.41, 5.74) is 1.75. The van der Waals surface area contributed by atoms with E-state index >= 15 is 0 Å². The standard InChI is InChI=1S/C65H74O12S/c1-4-5-6-7-8-9-10-11-12-28-43-69-53-41-39-49(40-42-53)45-70-55-46(2)73-65(78-54-37-26-17-27-38-54)60(76-63(68)52-35-24-16-25-36-52)58(55)77-64-59(75-62(67)51-33-22-15-23-34-51)57(71-44-48-29-18-13-19-30-48)56(47(3)72-64)74-61(66)50-31-20-14-21-32-50/h13-27,29-42,46-47,55-60,64-65H,4-12,28,43-45H2,1-3H3/t46-,47-,55-,56-,57+,58+,59+,60+,64-,65-/m0/s1. The van der Waals surface area contributed by atoms with Gasteiger partial charge in [-0.1, -0.05) is 192 Å². The number of carbonyl (C=O) groups is 3. The number of esters is 3. The van der Waals surface area contributed by atoms with Crippen LogP contribution in [0.3, 0.4) is 0 Å². The van der Waals surface area contributed by atoms with Crippen molar-refractivity contribution in [2.45, 2.75) is 164 Å². The van der Waals surface area contributed by atoms with E-state index in [4.69, 9.17) is 42.6 Å². The number of ether oxygens (including phenoxy) is 9. The first-order chi connectivity index (χ1) is 38.2. The molecule has 0 spiro atoms. The Kier molecular flexibility index (Phi) is 22.8. The number of carbonyl (C=O) groups excluding carboxylic acids is 3. The predicted molar refractivity (Wildman–Crippen MR) is 300 cm³/mol. The second-order valence-electron chi connectivity index (χ2n) is 19.9. The van der Waals surface area contributed by atoms with Crippen LogP contribution < -0.4 is 4.74 Å². The second-order valence-corrected chi connectivity index (χ2v) is 21.0. The van der Waals surface area contributed by atoms with Crippen molar-refractivity contribution in [3.63, 3.8) is 0 Å². The van der Waals surface area contributed by atoms with E-state index < -0.39 is 78.5 Å². The summed E-state index contributed by atoms with van der Waals surface area (Å²) in [6.45, 7) is 6.72. The smallest absolute Gasteiger partial charge is 0.338 e. The van der Waals surface area contributed by atoms with Crippen LogP contribution in [0.1, 0.15) is 127 Å². The van der Waals surface area contributed by atoms with Gasteiger partial charge < -0.3 is 42.6 Å². The van der Waals surface area contributed by atoms with Crippen LogP contribution in [-0.4, -0.2) is 85.1 Å². The number of rotatable bonds is 28. The van der Waals surface area contributed by atoms with Crippen LogP contribution in [0.2, 0.25) is 0 Å². The Morgan fingerprint density at radius 3 is 1.41 bits per heavy atom. The summed E-state index contributed by atoms with van der Waals surface area (Å²) in [7, 11) is 0. The van der Waals surface area contributed by atoms with E-state index in [1.807, 2.05) is 104 Å². The highest BCUT2D eigenvalue weighted by atomic mass is 32.2. The molecule has 2 aliphatic rings. The highest BCUT2D eigenvalue weighted by molar-refractivity contribution is 7.99. The quantitative estimate of drug-likeness (QED) is 0.0262. The molecule has 78 heavy (non-hydrogen) atoms. The zero-order chi connectivity index (χ0) is 54.3. The van der Waals surface area contributed by atoms with Gasteiger partial charge in [-0.3, -0.25) is 0 Å². The fraction of sp³-hybridized carbons (Fsp3) is 0.400. The van der Waals surface area contributed by atoms with Crippen molar-refractivity contribution in [2.75, 3.05) is 6.61 Å². The number of hydrogen-bond acceptors (Lipinski definition) is 13. The van der Waals surface area contributed by atoms with Crippen LogP contribution in [0.4, 0.5) is 0 Å². The second kappa shape index (κ2) is 30.7. The zero-order valence-electron chi connectivity index (χ0n) is 45.0. The maximum Gasteiger partial charge on any atom is 0.338 e. The number of unbranched alkanes of at least 4 members (excludes halogenated alkanes) is 9. The molecule has 0 unspecified atom stereocenters. The molecule has 2 saturated heterocycles. The molecule has 2 fully saturated rings. The molecule has 6 aromatic rings. The molecule has 10 atom stereocenters. The molecule has 0 aliphatic carbocycles. The highest BCUT2D eigenvalue weighted by Gasteiger charge is 2.55. The molecule has 0 N–H and O–H groups in total. The van der Waals surface area contributed by atoms with Crippen LogP contribution in [0.25, 0.3) is 0 Å². The van der Waals surface area contributed by atoms with Crippen molar-refractivity contribution >= 4 is 29.7 Å². The van der Waals surface area contributed by atoms with E-state index in [9.17, 15) is 14.4 Å². The fourth-order valence-corrected chi connectivity index (χ4v) is 10.8. The van der Waals surface area contributed by atoms with Crippen LogP contribution in [0.15, 0.2) is 181 Å². The van der Waals surface area contributed by atoms with Gasteiger partial charge in [0.15, 0.2) is 24.6 Å². The van der Waals surface area contributed by atoms with Crippen molar-refractivity contribution in [1.29, 1.82) is 0 Å². The first-order valence-corrected chi connectivity index (χ1v) is 28.6. The van der Waals surface area contributed by atoms with Crippen molar-refractivity contribution in [3.8, 4) is 5.75 Å². The summed E-state index contributed by atoms with van der Waals surface area (Å²) >= 11 is 1.38. The summed E-state index contributed by atoms with van der Waals surface area (Å²) in [5, 5.41) is 0. The third kappa shape index (κ3) is 17.1. The molecule has 8 rings (SSSR count). The normalized spacial score (nSPS) is 23.0. The summed E-state index contributed by atoms with van der Waals surface area (Å²) < 4.78 is 60.0. The number of benzene rings is 6. The fourth-order valence-electron chi connectivity index (χ4n) is 9.64. The topological polar surface area (TPSA) is 134 Å². The molecular formula is C65H74O12S. The Morgan fingerprint density at radius 2 is 0.872 bits per heavy atom. The van der Waals surface area contributed by atoms with Crippen molar-refractivity contribution in [2.24, 2.45) is 0 Å². The highest BCUT2D eigenvalue weighted by Crippen LogP contribution is 2.40. The van der Waals surface area contributed by atoms with Crippen molar-refractivity contribution in [1.82, 2.24) is 0 Å². The third-order valence-electron chi connectivity index (χ3n) is 13.9. The van der Waals surface area contributed by atoms with Gasteiger partial charge in [-0.25, -0.2) is 14.4 Å². The SMILES string of the molecule is CCCCCCCCCCCCOc1ccc(CO[C@@H]2[C@@H](O[C@@H]3O[C@@H](C)[C@H](OC(=O)c4ccccc4)[C@@H](OCc4ccccc4)[C@H]3OC(=O)c3ccccc3)[C@@H](OC(=O)c3ccccc3)[C@H](Sc3ccccc3)O[C@H]2C)cc1. The summed E-state index contributed by atoms with van der Waals surface area (Å²) in [6.07, 6.45) is 2.79. The molecular weight excluding hydrogens is 1000 g/mol. The largest absolute Gasteiger partial charge is 0.494 e. The van der Waals surface area contributed by atoms with E-state index in [1.165, 1.54) is 63.1 Å². The van der Waals surface area contributed by atoms with E-state index in [-0.39, 0.29) is 18.8 Å². The Balaban J connectivity index is 1.09. The minimum absolute atomic E-state index is 0.0556. The van der Waals surface area contributed by atoms with Crippen LogP contribution >= 0.6 is 11.8 Å².